The van der Waals surface area contributed by atoms with E-state index in [4.69, 9.17) is 5.26 Å². The highest BCUT2D eigenvalue weighted by atomic mass is 16.2. The van der Waals surface area contributed by atoms with E-state index >= 15 is 0 Å². The second-order valence-corrected chi connectivity index (χ2v) is 4.45. The lowest BCUT2D eigenvalue weighted by Gasteiger charge is -2.34. The summed E-state index contributed by atoms with van der Waals surface area (Å²) in [5, 5.41) is 14.6. The average molecular weight is 209 g/mol. The molecule has 1 heterocycles. The normalized spacial score (nSPS) is 27.8. The fourth-order valence-electron chi connectivity index (χ4n) is 1.82. The van der Waals surface area contributed by atoms with Crippen LogP contribution in [0.1, 0.15) is 39.5 Å². The van der Waals surface area contributed by atoms with Gasteiger partial charge >= 0.3 is 0 Å². The Morgan fingerprint density at radius 3 is 2.93 bits per heavy atom. The quantitative estimate of drug-likeness (QED) is 0.727. The molecule has 0 aliphatic carbocycles. The number of piperidine rings is 1. The molecule has 1 amide bonds. The summed E-state index contributed by atoms with van der Waals surface area (Å²) in [6.07, 6.45) is 3.46. The van der Waals surface area contributed by atoms with E-state index in [9.17, 15) is 4.79 Å². The van der Waals surface area contributed by atoms with E-state index < -0.39 is 5.54 Å². The molecule has 2 atom stereocenters. The molecule has 0 saturated carbocycles. The fraction of sp³-hybridized carbons (Fsp3) is 0.818. The number of rotatable bonds is 3. The molecule has 2 N–H and O–H groups in total. The standard InChI is InChI=1S/C11H19N3O/c1-9(5-7-12)14-10(15)11(2)6-3-4-8-13-11/h9,13H,3-6,8H2,1-2H3,(H,14,15). The summed E-state index contributed by atoms with van der Waals surface area (Å²) in [5.74, 6) is 0.0185. The third kappa shape index (κ3) is 3.21. The largest absolute Gasteiger partial charge is 0.351 e. The van der Waals surface area contributed by atoms with Gasteiger partial charge in [-0.3, -0.25) is 4.79 Å². The first kappa shape index (κ1) is 12.0. The van der Waals surface area contributed by atoms with Gasteiger partial charge in [-0.2, -0.15) is 5.26 Å². The van der Waals surface area contributed by atoms with Gasteiger partial charge in [0.1, 0.15) is 0 Å². The number of amides is 1. The van der Waals surface area contributed by atoms with Crippen LogP contribution in [0.3, 0.4) is 0 Å². The Labute approximate surface area is 91.0 Å². The number of nitrogens with one attached hydrogen (secondary N) is 2. The van der Waals surface area contributed by atoms with Gasteiger partial charge in [0.05, 0.1) is 18.0 Å². The molecule has 2 unspecified atom stereocenters. The van der Waals surface area contributed by atoms with Gasteiger partial charge in [-0.05, 0) is 39.7 Å². The molecule has 1 aliphatic rings. The second-order valence-electron chi connectivity index (χ2n) is 4.45. The van der Waals surface area contributed by atoms with Crippen molar-refractivity contribution in [2.24, 2.45) is 0 Å². The Morgan fingerprint density at radius 2 is 2.40 bits per heavy atom. The molecule has 4 nitrogen and oxygen atoms in total. The summed E-state index contributed by atoms with van der Waals surface area (Å²) in [6.45, 7) is 4.68. The first-order valence-corrected chi connectivity index (χ1v) is 5.51. The maximum absolute atomic E-state index is 11.9. The number of carbonyl (C=O) groups is 1. The Hall–Kier alpha value is -1.08. The van der Waals surface area contributed by atoms with Gasteiger partial charge in [0.25, 0.3) is 0 Å². The summed E-state index contributed by atoms with van der Waals surface area (Å²) >= 11 is 0. The Bertz CT molecular complexity index is 263. The molecule has 84 valence electrons. The first-order valence-electron chi connectivity index (χ1n) is 5.51. The summed E-state index contributed by atoms with van der Waals surface area (Å²) in [5.41, 5.74) is -0.442. The van der Waals surface area contributed by atoms with Crippen LogP contribution in [0.2, 0.25) is 0 Å². The van der Waals surface area contributed by atoms with E-state index in [-0.39, 0.29) is 11.9 Å². The number of carbonyl (C=O) groups excluding carboxylic acids is 1. The SMILES string of the molecule is CC(CC#N)NC(=O)C1(C)CCCCN1. The molecule has 15 heavy (non-hydrogen) atoms. The maximum atomic E-state index is 11.9. The molecule has 4 heteroatoms. The smallest absolute Gasteiger partial charge is 0.240 e. The molecular formula is C11H19N3O. The molecule has 1 aliphatic heterocycles. The van der Waals surface area contributed by atoms with Crippen molar-refractivity contribution < 1.29 is 4.79 Å². The van der Waals surface area contributed by atoms with Crippen LogP contribution < -0.4 is 10.6 Å². The molecule has 0 aromatic heterocycles. The van der Waals surface area contributed by atoms with Crippen LogP contribution in [0.25, 0.3) is 0 Å². The zero-order chi connectivity index (χ0) is 11.3. The van der Waals surface area contributed by atoms with Gasteiger partial charge < -0.3 is 10.6 Å². The van der Waals surface area contributed by atoms with Crippen molar-refractivity contribution >= 4 is 5.91 Å². The number of hydrogen-bond donors (Lipinski definition) is 2. The fourth-order valence-corrected chi connectivity index (χ4v) is 1.82. The van der Waals surface area contributed by atoms with Gasteiger partial charge in [0.2, 0.25) is 5.91 Å². The lowest BCUT2D eigenvalue weighted by molar-refractivity contribution is -0.128. The highest BCUT2D eigenvalue weighted by Crippen LogP contribution is 2.18. The van der Waals surface area contributed by atoms with Crippen LogP contribution >= 0.6 is 0 Å². The van der Waals surface area contributed by atoms with E-state index in [0.29, 0.717) is 6.42 Å². The Kier molecular flexibility index (Phi) is 4.10. The summed E-state index contributed by atoms with van der Waals surface area (Å²) in [6, 6.07) is 1.99. The van der Waals surface area contributed by atoms with E-state index in [1.165, 1.54) is 0 Å². The highest BCUT2D eigenvalue weighted by molar-refractivity contribution is 5.86. The zero-order valence-corrected chi connectivity index (χ0v) is 9.47. The number of nitrogens with zero attached hydrogens (tertiary/aromatic N) is 1. The van der Waals surface area contributed by atoms with E-state index in [2.05, 4.69) is 16.7 Å². The van der Waals surface area contributed by atoms with Crippen LogP contribution in [0.15, 0.2) is 0 Å². The molecule has 1 fully saturated rings. The molecule has 0 aromatic rings. The van der Waals surface area contributed by atoms with Crippen molar-refractivity contribution in [2.75, 3.05) is 6.54 Å². The van der Waals surface area contributed by atoms with Crippen LogP contribution in [0.4, 0.5) is 0 Å². The second kappa shape index (κ2) is 5.13. The minimum Gasteiger partial charge on any atom is -0.351 e. The summed E-state index contributed by atoms with van der Waals surface area (Å²) in [7, 11) is 0. The first-order chi connectivity index (χ1) is 7.08. The predicted molar refractivity (Wildman–Crippen MR) is 58.1 cm³/mol. The molecule has 1 rings (SSSR count). The third-order valence-corrected chi connectivity index (χ3v) is 2.89. The van der Waals surface area contributed by atoms with Crippen LogP contribution in [-0.4, -0.2) is 24.0 Å². The summed E-state index contributed by atoms with van der Waals surface area (Å²) < 4.78 is 0. The van der Waals surface area contributed by atoms with Gasteiger partial charge in [-0.1, -0.05) is 0 Å². The van der Waals surface area contributed by atoms with Crippen molar-refractivity contribution in [3.05, 3.63) is 0 Å². The topological polar surface area (TPSA) is 64.9 Å². The Morgan fingerprint density at radius 1 is 1.67 bits per heavy atom. The van der Waals surface area contributed by atoms with Crippen molar-refractivity contribution in [2.45, 2.75) is 51.1 Å². The molecular weight excluding hydrogens is 190 g/mol. The summed E-state index contributed by atoms with van der Waals surface area (Å²) in [4.78, 5) is 11.9. The molecule has 0 spiro atoms. The van der Waals surface area contributed by atoms with E-state index in [1.807, 2.05) is 13.8 Å². The number of nitriles is 1. The van der Waals surface area contributed by atoms with E-state index in [1.54, 1.807) is 0 Å². The lowest BCUT2D eigenvalue weighted by atomic mass is 9.90. The van der Waals surface area contributed by atoms with E-state index in [0.717, 1.165) is 25.8 Å². The molecule has 0 radical (unpaired) electrons. The molecule has 0 aromatic carbocycles. The minimum absolute atomic E-state index is 0.0185. The van der Waals surface area contributed by atoms with Crippen LogP contribution in [-0.2, 0) is 4.79 Å². The van der Waals surface area contributed by atoms with Crippen molar-refractivity contribution in [3.63, 3.8) is 0 Å². The third-order valence-electron chi connectivity index (χ3n) is 2.89. The predicted octanol–water partition coefficient (Wildman–Crippen LogP) is 0.937. The van der Waals surface area contributed by atoms with Crippen LogP contribution in [0.5, 0.6) is 0 Å². The minimum atomic E-state index is -0.442. The average Bonchev–Trinajstić information content (AvgIpc) is 2.19. The van der Waals surface area contributed by atoms with Gasteiger partial charge in [0, 0.05) is 6.04 Å². The molecule has 1 saturated heterocycles. The lowest BCUT2D eigenvalue weighted by Crippen LogP contribution is -2.58. The maximum Gasteiger partial charge on any atom is 0.240 e. The van der Waals surface area contributed by atoms with Crippen molar-refractivity contribution in [1.82, 2.24) is 10.6 Å². The van der Waals surface area contributed by atoms with Gasteiger partial charge in [-0.25, -0.2) is 0 Å². The van der Waals surface area contributed by atoms with Gasteiger partial charge in [0.15, 0.2) is 0 Å². The monoisotopic (exact) mass is 209 g/mol. The number of hydrogen-bond acceptors (Lipinski definition) is 3. The zero-order valence-electron chi connectivity index (χ0n) is 9.47. The van der Waals surface area contributed by atoms with Crippen molar-refractivity contribution in [3.8, 4) is 6.07 Å². The highest BCUT2D eigenvalue weighted by Gasteiger charge is 2.34. The molecule has 0 bridgehead atoms. The van der Waals surface area contributed by atoms with Gasteiger partial charge in [-0.15, -0.1) is 0 Å². The Balaban J connectivity index is 2.48. The van der Waals surface area contributed by atoms with Crippen molar-refractivity contribution in [1.29, 1.82) is 5.26 Å². The van der Waals surface area contributed by atoms with Crippen LogP contribution in [0, 0.1) is 11.3 Å².